The zero-order valence-corrected chi connectivity index (χ0v) is 11.4. The van der Waals surface area contributed by atoms with E-state index in [1.165, 1.54) is 0 Å². The van der Waals surface area contributed by atoms with E-state index in [1.54, 1.807) is 7.11 Å². The monoisotopic (exact) mass is 264 g/mol. The maximum Gasteiger partial charge on any atom is 0.174 e. The molecule has 0 heterocycles. The normalized spacial score (nSPS) is 9.95. The standard InChI is InChI=1S/C14H20N2O3/c1-3-18-14-10-12(11-16-7-9-17-2)4-5-13(14)19-8-6-15/h4-5,10,16H,3,7-9,11H2,1-2H3. The number of ether oxygens (including phenoxy) is 3. The number of rotatable bonds is 9. The maximum absolute atomic E-state index is 8.53. The second kappa shape index (κ2) is 9.20. The van der Waals surface area contributed by atoms with Crippen molar-refractivity contribution in [2.45, 2.75) is 13.5 Å². The first kappa shape index (κ1) is 15.3. The molecule has 1 aromatic carbocycles. The summed E-state index contributed by atoms with van der Waals surface area (Å²) in [4.78, 5) is 0. The fourth-order valence-electron chi connectivity index (χ4n) is 1.57. The fraction of sp³-hybridized carbons (Fsp3) is 0.500. The van der Waals surface area contributed by atoms with Crippen LogP contribution in [0, 0.1) is 11.3 Å². The molecule has 19 heavy (non-hydrogen) atoms. The predicted molar refractivity (Wildman–Crippen MR) is 72.3 cm³/mol. The smallest absolute Gasteiger partial charge is 0.174 e. The van der Waals surface area contributed by atoms with E-state index in [1.807, 2.05) is 31.2 Å². The third-order valence-corrected chi connectivity index (χ3v) is 2.41. The zero-order chi connectivity index (χ0) is 13.9. The highest BCUT2D eigenvalue weighted by atomic mass is 16.5. The summed E-state index contributed by atoms with van der Waals surface area (Å²) < 4.78 is 15.8. The summed E-state index contributed by atoms with van der Waals surface area (Å²) >= 11 is 0. The Hall–Kier alpha value is -1.77. The van der Waals surface area contributed by atoms with Gasteiger partial charge < -0.3 is 19.5 Å². The zero-order valence-electron chi connectivity index (χ0n) is 11.4. The van der Waals surface area contributed by atoms with E-state index in [0.717, 1.165) is 18.7 Å². The number of methoxy groups -OCH3 is 1. The van der Waals surface area contributed by atoms with E-state index >= 15 is 0 Å². The quantitative estimate of drug-likeness (QED) is 0.688. The van der Waals surface area contributed by atoms with Gasteiger partial charge in [-0.1, -0.05) is 6.07 Å². The van der Waals surface area contributed by atoms with Crippen LogP contribution in [-0.2, 0) is 11.3 Å². The summed E-state index contributed by atoms with van der Waals surface area (Å²) in [6.07, 6.45) is 0. The van der Waals surface area contributed by atoms with Crippen LogP contribution >= 0.6 is 0 Å². The van der Waals surface area contributed by atoms with Crippen LogP contribution in [-0.4, -0.2) is 33.5 Å². The topological polar surface area (TPSA) is 63.5 Å². The van der Waals surface area contributed by atoms with Crippen molar-refractivity contribution in [3.8, 4) is 17.6 Å². The molecule has 1 N–H and O–H groups in total. The molecule has 5 nitrogen and oxygen atoms in total. The molecule has 0 aliphatic rings. The minimum Gasteiger partial charge on any atom is -0.490 e. The molecule has 0 aliphatic heterocycles. The van der Waals surface area contributed by atoms with Crippen LogP contribution in [0.3, 0.4) is 0 Å². The molecule has 1 aromatic rings. The lowest BCUT2D eigenvalue weighted by molar-refractivity contribution is 0.199. The largest absolute Gasteiger partial charge is 0.490 e. The second-order valence-corrected chi connectivity index (χ2v) is 3.83. The van der Waals surface area contributed by atoms with Gasteiger partial charge in [0.15, 0.2) is 18.1 Å². The number of hydrogen-bond donors (Lipinski definition) is 1. The highest BCUT2D eigenvalue weighted by Crippen LogP contribution is 2.28. The minimum absolute atomic E-state index is 0.0194. The summed E-state index contributed by atoms with van der Waals surface area (Å²) in [6.45, 7) is 4.71. The van der Waals surface area contributed by atoms with E-state index in [4.69, 9.17) is 19.5 Å². The lowest BCUT2D eigenvalue weighted by Crippen LogP contribution is -2.18. The van der Waals surface area contributed by atoms with Crippen molar-refractivity contribution in [1.29, 1.82) is 5.26 Å². The van der Waals surface area contributed by atoms with Gasteiger partial charge in [0, 0.05) is 20.2 Å². The van der Waals surface area contributed by atoms with E-state index in [0.29, 0.717) is 24.7 Å². The average molecular weight is 264 g/mol. The molecule has 104 valence electrons. The summed E-state index contributed by atoms with van der Waals surface area (Å²) in [5.74, 6) is 1.27. The van der Waals surface area contributed by atoms with Crippen molar-refractivity contribution in [2.24, 2.45) is 0 Å². The first-order valence-corrected chi connectivity index (χ1v) is 6.27. The van der Waals surface area contributed by atoms with E-state index in [2.05, 4.69) is 5.32 Å². The van der Waals surface area contributed by atoms with Crippen molar-refractivity contribution < 1.29 is 14.2 Å². The van der Waals surface area contributed by atoms with Crippen molar-refractivity contribution in [2.75, 3.05) is 33.5 Å². The molecule has 0 bridgehead atoms. The molecule has 0 saturated heterocycles. The predicted octanol–water partition coefficient (Wildman–Crippen LogP) is 1.72. The molecule has 0 aliphatic carbocycles. The van der Waals surface area contributed by atoms with Gasteiger partial charge >= 0.3 is 0 Å². The van der Waals surface area contributed by atoms with Crippen LogP contribution < -0.4 is 14.8 Å². The van der Waals surface area contributed by atoms with Gasteiger partial charge in [-0.15, -0.1) is 0 Å². The third-order valence-electron chi connectivity index (χ3n) is 2.41. The van der Waals surface area contributed by atoms with Crippen LogP contribution in [0.1, 0.15) is 12.5 Å². The number of nitrogens with one attached hydrogen (secondary N) is 1. The van der Waals surface area contributed by atoms with Gasteiger partial charge in [0.2, 0.25) is 0 Å². The Balaban J connectivity index is 2.63. The van der Waals surface area contributed by atoms with Gasteiger partial charge in [-0.3, -0.25) is 0 Å². The van der Waals surface area contributed by atoms with Gasteiger partial charge in [-0.25, -0.2) is 0 Å². The van der Waals surface area contributed by atoms with E-state index in [9.17, 15) is 0 Å². The molecule has 0 unspecified atom stereocenters. The van der Waals surface area contributed by atoms with E-state index in [-0.39, 0.29) is 6.61 Å². The van der Waals surface area contributed by atoms with Crippen LogP contribution in [0.15, 0.2) is 18.2 Å². The minimum atomic E-state index is 0.0194. The first-order chi connectivity index (χ1) is 9.31. The summed E-state index contributed by atoms with van der Waals surface area (Å²) in [6, 6.07) is 7.65. The van der Waals surface area contributed by atoms with E-state index < -0.39 is 0 Å². The molecule has 5 heteroatoms. The number of benzene rings is 1. The lowest BCUT2D eigenvalue weighted by atomic mass is 10.2. The van der Waals surface area contributed by atoms with Crippen LogP contribution in [0.2, 0.25) is 0 Å². The molecule has 0 aromatic heterocycles. The Labute approximate surface area is 114 Å². The average Bonchev–Trinajstić information content (AvgIpc) is 2.43. The van der Waals surface area contributed by atoms with Crippen LogP contribution in [0.4, 0.5) is 0 Å². The van der Waals surface area contributed by atoms with Crippen LogP contribution in [0.5, 0.6) is 11.5 Å². The Kier molecular flexibility index (Phi) is 7.40. The molecule has 0 atom stereocenters. The Morgan fingerprint density at radius 3 is 2.79 bits per heavy atom. The Bertz CT molecular complexity index is 416. The highest BCUT2D eigenvalue weighted by Gasteiger charge is 2.06. The SMILES string of the molecule is CCOc1cc(CNCCOC)ccc1OCC#N. The molecule has 0 amide bonds. The third kappa shape index (κ3) is 5.60. The van der Waals surface area contributed by atoms with Gasteiger partial charge in [-0.2, -0.15) is 5.26 Å². The Morgan fingerprint density at radius 1 is 1.26 bits per heavy atom. The highest BCUT2D eigenvalue weighted by molar-refractivity contribution is 5.43. The summed E-state index contributed by atoms with van der Waals surface area (Å²) in [5, 5.41) is 11.8. The second-order valence-electron chi connectivity index (χ2n) is 3.83. The molecule has 0 spiro atoms. The summed E-state index contributed by atoms with van der Waals surface area (Å²) in [5.41, 5.74) is 1.10. The molecule has 0 saturated carbocycles. The number of nitriles is 1. The number of nitrogens with zero attached hydrogens (tertiary/aromatic N) is 1. The molecular formula is C14H20N2O3. The van der Waals surface area contributed by atoms with Crippen LogP contribution in [0.25, 0.3) is 0 Å². The lowest BCUT2D eigenvalue weighted by Gasteiger charge is -2.12. The van der Waals surface area contributed by atoms with Crippen molar-refractivity contribution in [3.05, 3.63) is 23.8 Å². The molecule has 1 rings (SSSR count). The van der Waals surface area contributed by atoms with Gasteiger partial charge in [-0.05, 0) is 24.6 Å². The summed E-state index contributed by atoms with van der Waals surface area (Å²) in [7, 11) is 1.68. The fourth-order valence-corrected chi connectivity index (χ4v) is 1.57. The van der Waals surface area contributed by atoms with Gasteiger partial charge in [0.05, 0.1) is 13.2 Å². The van der Waals surface area contributed by atoms with Gasteiger partial charge in [0.1, 0.15) is 6.07 Å². The molecular weight excluding hydrogens is 244 g/mol. The van der Waals surface area contributed by atoms with Gasteiger partial charge in [0.25, 0.3) is 0 Å². The van der Waals surface area contributed by atoms with Crippen molar-refractivity contribution in [1.82, 2.24) is 5.32 Å². The Morgan fingerprint density at radius 2 is 2.11 bits per heavy atom. The first-order valence-electron chi connectivity index (χ1n) is 6.27. The van der Waals surface area contributed by atoms with Crippen molar-refractivity contribution in [3.63, 3.8) is 0 Å². The number of hydrogen-bond acceptors (Lipinski definition) is 5. The van der Waals surface area contributed by atoms with Crippen molar-refractivity contribution >= 4 is 0 Å². The molecule has 0 fully saturated rings. The maximum atomic E-state index is 8.53. The molecule has 0 radical (unpaired) electrons.